The van der Waals surface area contributed by atoms with E-state index in [1.165, 1.54) is 6.33 Å². The van der Waals surface area contributed by atoms with Gasteiger partial charge in [0.25, 0.3) is 0 Å². The molecule has 0 saturated heterocycles. The molecule has 0 saturated carbocycles. The van der Waals surface area contributed by atoms with E-state index in [0.717, 1.165) is 46.0 Å². The number of nitrogen functional groups attached to an aromatic ring is 1. The number of aromatic nitrogens is 4. The number of hydrogen-bond donors (Lipinski definition) is 2. The third-order valence-corrected chi connectivity index (χ3v) is 5.82. The first-order valence-corrected chi connectivity index (χ1v) is 11.8. The Balaban J connectivity index is 1.85. The van der Waals surface area contributed by atoms with Crippen molar-refractivity contribution < 1.29 is 0 Å². The number of benzene rings is 1. The molecule has 0 spiro atoms. The molecule has 0 fully saturated rings. The van der Waals surface area contributed by atoms with Crippen LogP contribution in [0.2, 0.25) is 0 Å². The smallest absolute Gasteiger partial charge is 0.146 e. The third-order valence-electron chi connectivity index (χ3n) is 4.74. The van der Waals surface area contributed by atoms with Gasteiger partial charge in [-0.25, -0.2) is 9.97 Å². The zero-order chi connectivity index (χ0) is 19.5. The highest BCUT2D eigenvalue weighted by atomic mass is 32.0. The number of pyridine rings is 1. The van der Waals surface area contributed by atoms with Crippen LogP contribution in [0.5, 0.6) is 0 Å². The van der Waals surface area contributed by atoms with Crippen LogP contribution in [0.1, 0.15) is 6.42 Å². The Morgan fingerprint density at radius 3 is 2.96 bits per heavy atom. The first-order chi connectivity index (χ1) is 13.7. The van der Waals surface area contributed by atoms with Gasteiger partial charge in [-0.2, -0.15) is 0 Å². The minimum Gasteiger partial charge on any atom is -0.383 e. The lowest BCUT2D eigenvalue weighted by molar-refractivity contribution is 0.538. The summed E-state index contributed by atoms with van der Waals surface area (Å²) in [6.45, 7) is 4.64. The lowest BCUT2D eigenvalue weighted by Gasteiger charge is -2.17. The van der Waals surface area contributed by atoms with Crippen LogP contribution < -0.4 is 10.8 Å². The fourth-order valence-corrected chi connectivity index (χ4v) is 4.61. The molecule has 6 nitrogen and oxygen atoms in total. The zero-order valence-electron chi connectivity index (χ0n) is 15.3. The minimum absolute atomic E-state index is 0.266. The predicted molar refractivity (Wildman–Crippen MR) is 122 cm³/mol. The summed E-state index contributed by atoms with van der Waals surface area (Å²) in [6, 6.07) is 10.5. The van der Waals surface area contributed by atoms with Gasteiger partial charge in [0.05, 0.1) is 10.9 Å². The van der Waals surface area contributed by atoms with E-state index in [1.54, 1.807) is 0 Å². The maximum absolute atomic E-state index is 6.25. The van der Waals surface area contributed by atoms with E-state index in [4.69, 9.17) is 5.73 Å². The van der Waals surface area contributed by atoms with Gasteiger partial charge in [0.15, 0.2) is 0 Å². The molecule has 0 amide bonds. The summed E-state index contributed by atoms with van der Waals surface area (Å²) >= 11 is 0. The molecule has 4 aromatic rings. The highest BCUT2D eigenvalue weighted by Gasteiger charge is 2.17. The summed E-state index contributed by atoms with van der Waals surface area (Å²) in [5.74, 6) is 0.480. The van der Waals surface area contributed by atoms with E-state index in [1.807, 2.05) is 30.5 Å². The van der Waals surface area contributed by atoms with Crippen LogP contribution in [0.25, 0.3) is 33.1 Å². The van der Waals surface area contributed by atoms with Gasteiger partial charge in [0.1, 0.15) is 17.8 Å². The Morgan fingerprint density at radius 1 is 1.29 bits per heavy atom. The monoisotopic (exact) mass is 408 g/mol. The molecular weight excluding hydrogens is 386 g/mol. The van der Waals surface area contributed by atoms with Crippen molar-refractivity contribution in [2.45, 2.75) is 19.0 Å². The van der Waals surface area contributed by atoms with E-state index in [2.05, 4.69) is 58.4 Å². The number of fused-ring (bicyclic) bond motifs is 2. The van der Waals surface area contributed by atoms with Crippen molar-refractivity contribution in [3.05, 3.63) is 61.7 Å². The SMILES string of the molecule is C=CCC(Cn1cc(-c2cnc3ccccc3c2)c2c(N)ncnc21)NPP. The lowest BCUT2D eigenvalue weighted by atomic mass is 10.1. The summed E-state index contributed by atoms with van der Waals surface area (Å²) in [6.07, 6.45) is 8.31. The molecule has 3 unspecified atom stereocenters. The fraction of sp³-hybridized carbons (Fsp3) is 0.150. The Bertz CT molecular complexity index is 1140. The largest absolute Gasteiger partial charge is 0.383 e. The second kappa shape index (κ2) is 8.32. The summed E-state index contributed by atoms with van der Waals surface area (Å²) in [7, 11) is 3.31. The number of nitrogens with zero attached hydrogens (tertiary/aromatic N) is 4. The van der Waals surface area contributed by atoms with E-state index < -0.39 is 0 Å². The first kappa shape index (κ1) is 18.9. The van der Waals surface area contributed by atoms with Crippen LogP contribution in [-0.4, -0.2) is 25.6 Å². The average Bonchev–Trinajstić information content (AvgIpc) is 3.08. The second-order valence-electron chi connectivity index (χ2n) is 6.58. The molecule has 3 aromatic heterocycles. The van der Waals surface area contributed by atoms with Crippen molar-refractivity contribution in [2.75, 3.05) is 5.73 Å². The Kier molecular flexibility index (Phi) is 5.63. The number of nitrogens with one attached hydrogen (secondary N) is 1. The predicted octanol–water partition coefficient (Wildman–Crippen LogP) is 4.15. The zero-order valence-corrected chi connectivity index (χ0v) is 17.5. The van der Waals surface area contributed by atoms with Crippen LogP contribution in [0.4, 0.5) is 5.82 Å². The average molecular weight is 408 g/mol. The minimum atomic E-state index is 0.266. The molecule has 3 heterocycles. The quantitative estimate of drug-likeness (QED) is 0.355. The van der Waals surface area contributed by atoms with Gasteiger partial charge in [-0.1, -0.05) is 33.2 Å². The van der Waals surface area contributed by atoms with Crippen molar-refractivity contribution in [1.82, 2.24) is 24.6 Å². The Hall–Kier alpha value is -2.39. The molecule has 28 heavy (non-hydrogen) atoms. The van der Waals surface area contributed by atoms with E-state index >= 15 is 0 Å². The summed E-state index contributed by atoms with van der Waals surface area (Å²) in [5.41, 5.74) is 10.1. The summed E-state index contributed by atoms with van der Waals surface area (Å²) < 4.78 is 2.14. The third kappa shape index (κ3) is 3.64. The number of nitrogens with two attached hydrogens (primary N) is 1. The molecule has 0 radical (unpaired) electrons. The van der Waals surface area contributed by atoms with Crippen molar-refractivity contribution in [2.24, 2.45) is 0 Å². The van der Waals surface area contributed by atoms with Gasteiger partial charge in [0.2, 0.25) is 0 Å². The number of rotatable bonds is 7. The molecule has 1 aromatic carbocycles. The van der Waals surface area contributed by atoms with Crippen LogP contribution in [0.3, 0.4) is 0 Å². The highest BCUT2D eigenvalue weighted by molar-refractivity contribution is 8.01. The van der Waals surface area contributed by atoms with Crippen LogP contribution in [-0.2, 0) is 6.54 Å². The maximum atomic E-state index is 6.25. The Morgan fingerprint density at radius 2 is 2.14 bits per heavy atom. The molecule has 0 aliphatic rings. The Labute approximate surface area is 167 Å². The van der Waals surface area contributed by atoms with Gasteiger partial charge in [-0.15, -0.1) is 6.58 Å². The topological polar surface area (TPSA) is 81.7 Å². The number of para-hydroxylation sites is 1. The number of anilines is 1. The lowest BCUT2D eigenvalue weighted by Crippen LogP contribution is -2.26. The second-order valence-corrected chi connectivity index (χ2v) is 8.02. The van der Waals surface area contributed by atoms with Gasteiger partial charge in [-0.05, 0) is 27.0 Å². The molecule has 0 aliphatic heterocycles. The molecular formula is C20H22N6P2. The summed E-state index contributed by atoms with van der Waals surface area (Å²) in [4.78, 5) is 13.3. The standard InChI is InChI=1S/C20H22N6P2/c1-2-5-15(25-28-27)10-26-11-16(18-19(21)23-12-24-20(18)26)14-8-13-6-3-4-7-17(13)22-9-14/h2-4,6-9,11-12,15,25,28H,1,5,10,27H2,(H2,21,23,24). The molecule has 3 atom stereocenters. The van der Waals surface area contributed by atoms with Crippen molar-refractivity contribution in [1.29, 1.82) is 0 Å². The van der Waals surface area contributed by atoms with Gasteiger partial charge in [-0.3, -0.25) is 10.1 Å². The van der Waals surface area contributed by atoms with Gasteiger partial charge in [0, 0.05) is 41.5 Å². The molecule has 3 N–H and O–H groups in total. The van der Waals surface area contributed by atoms with Crippen molar-refractivity contribution in [3.63, 3.8) is 0 Å². The highest BCUT2D eigenvalue weighted by Crippen LogP contribution is 2.34. The van der Waals surface area contributed by atoms with Crippen molar-refractivity contribution >= 4 is 45.1 Å². The first-order valence-electron chi connectivity index (χ1n) is 8.97. The molecule has 142 valence electrons. The number of hydrogen-bond acceptors (Lipinski definition) is 5. The van der Waals surface area contributed by atoms with Gasteiger partial charge >= 0.3 is 0 Å². The van der Waals surface area contributed by atoms with Crippen LogP contribution in [0.15, 0.2) is 61.7 Å². The van der Waals surface area contributed by atoms with E-state index in [0.29, 0.717) is 14.2 Å². The fourth-order valence-electron chi connectivity index (χ4n) is 3.46. The van der Waals surface area contributed by atoms with Crippen LogP contribution >= 0.6 is 17.3 Å². The molecule has 8 heteroatoms. The maximum Gasteiger partial charge on any atom is 0.146 e. The van der Waals surface area contributed by atoms with Crippen LogP contribution in [0, 0.1) is 0 Å². The van der Waals surface area contributed by atoms with Gasteiger partial charge < -0.3 is 10.3 Å². The van der Waals surface area contributed by atoms with E-state index in [-0.39, 0.29) is 6.04 Å². The summed E-state index contributed by atoms with van der Waals surface area (Å²) in [5, 5.41) is 5.45. The van der Waals surface area contributed by atoms with Crippen molar-refractivity contribution in [3.8, 4) is 11.1 Å². The normalized spacial score (nSPS) is 12.9. The molecule has 0 bridgehead atoms. The van der Waals surface area contributed by atoms with E-state index in [9.17, 15) is 0 Å². The molecule has 0 aliphatic carbocycles. The molecule has 4 rings (SSSR count).